The second kappa shape index (κ2) is 8.54. The molecule has 7 nitrogen and oxygen atoms in total. The predicted molar refractivity (Wildman–Crippen MR) is 102 cm³/mol. The van der Waals surface area contributed by atoms with Crippen molar-refractivity contribution in [2.45, 2.75) is 19.1 Å². The first-order chi connectivity index (χ1) is 13.3. The van der Waals surface area contributed by atoms with Crippen molar-refractivity contribution in [3.63, 3.8) is 0 Å². The van der Waals surface area contributed by atoms with Crippen molar-refractivity contribution < 1.29 is 14.3 Å². The number of morpholine rings is 1. The first kappa shape index (κ1) is 18.0. The number of ether oxygens (including phenoxy) is 2. The molecule has 1 aromatic heterocycles. The molecule has 2 aliphatic heterocycles. The molecule has 0 unspecified atom stereocenters. The highest BCUT2D eigenvalue weighted by Gasteiger charge is 2.26. The highest BCUT2D eigenvalue weighted by Crippen LogP contribution is 2.24. The molecule has 7 heteroatoms. The second-order valence-electron chi connectivity index (χ2n) is 6.94. The number of carbonyl (C=O) groups excluding carboxylic acids is 1. The third-order valence-corrected chi connectivity index (χ3v) is 5.07. The molecular weight excluding hydrogens is 344 g/mol. The maximum atomic E-state index is 13.4. The van der Waals surface area contributed by atoms with E-state index in [4.69, 9.17) is 9.47 Å². The molecular formula is C20H26N4O3. The van der Waals surface area contributed by atoms with Crippen molar-refractivity contribution in [1.29, 1.82) is 0 Å². The van der Waals surface area contributed by atoms with Crippen LogP contribution in [0.5, 0.6) is 0 Å². The van der Waals surface area contributed by atoms with Gasteiger partial charge in [-0.1, -0.05) is 12.1 Å². The van der Waals surface area contributed by atoms with Gasteiger partial charge in [0.15, 0.2) is 0 Å². The van der Waals surface area contributed by atoms with E-state index in [0.29, 0.717) is 39.5 Å². The number of rotatable bonds is 4. The Labute approximate surface area is 159 Å². The van der Waals surface area contributed by atoms with Gasteiger partial charge in [0, 0.05) is 50.9 Å². The molecule has 0 radical (unpaired) electrons. The number of carbonyl (C=O) groups is 1. The molecule has 2 fully saturated rings. The number of nitrogens with zero attached hydrogens (tertiary/aromatic N) is 4. The molecule has 2 saturated heterocycles. The van der Waals surface area contributed by atoms with E-state index in [9.17, 15) is 4.79 Å². The summed E-state index contributed by atoms with van der Waals surface area (Å²) in [5.74, 6) is 0.0769. The van der Waals surface area contributed by atoms with Crippen LogP contribution >= 0.6 is 0 Å². The van der Waals surface area contributed by atoms with Crippen LogP contribution in [-0.4, -0.2) is 72.7 Å². The Morgan fingerprint density at radius 3 is 2.78 bits per heavy atom. The summed E-state index contributed by atoms with van der Waals surface area (Å²) in [6.07, 6.45) is 4.49. The van der Waals surface area contributed by atoms with Crippen molar-refractivity contribution >= 4 is 11.6 Å². The van der Waals surface area contributed by atoms with Crippen LogP contribution in [0.3, 0.4) is 0 Å². The normalized spacial score (nSPS) is 21.1. The first-order valence-corrected chi connectivity index (χ1v) is 9.61. The first-order valence-electron chi connectivity index (χ1n) is 9.61. The average Bonchev–Trinajstić information content (AvgIpc) is 3.12. The lowest BCUT2D eigenvalue weighted by atomic mass is 10.1. The molecule has 2 aromatic rings. The topological polar surface area (TPSA) is 59.8 Å². The largest absolute Gasteiger partial charge is 0.378 e. The van der Waals surface area contributed by atoms with Gasteiger partial charge in [-0.25, -0.2) is 0 Å². The highest BCUT2D eigenvalue weighted by atomic mass is 16.5. The summed E-state index contributed by atoms with van der Waals surface area (Å²) < 4.78 is 13.3. The lowest BCUT2D eigenvalue weighted by Gasteiger charge is -2.32. The summed E-state index contributed by atoms with van der Waals surface area (Å²) in [4.78, 5) is 17.5. The van der Waals surface area contributed by atoms with E-state index >= 15 is 0 Å². The second-order valence-corrected chi connectivity index (χ2v) is 6.94. The average molecular weight is 370 g/mol. The molecule has 2 aliphatic rings. The fourth-order valence-corrected chi connectivity index (χ4v) is 3.71. The number of aromatic nitrogens is 2. The van der Waals surface area contributed by atoms with E-state index in [2.05, 4.69) is 10.00 Å². The Balaban J connectivity index is 1.51. The molecule has 1 atom stereocenters. The summed E-state index contributed by atoms with van der Waals surface area (Å²) >= 11 is 0. The third-order valence-electron chi connectivity index (χ3n) is 5.07. The van der Waals surface area contributed by atoms with Crippen LogP contribution in [0.15, 0.2) is 42.7 Å². The Kier molecular flexibility index (Phi) is 5.69. The molecule has 4 rings (SSSR count). The van der Waals surface area contributed by atoms with E-state index in [1.54, 1.807) is 6.20 Å². The molecule has 1 aromatic carbocycles. The van der Waals surface area contributed by atoms with Crippen LogP contribution in [0.1, 0.15) is 16.8 Å². The van der Waals surface area contributed by atoms with E-state index in [1.807, 2.05) is 46.1 Å². The van der Waals surface area contributed by atoms with Gasteiger partial charge in [0.05, 0.1) is 31.4 Å². The van der Waals surface area contributed by atoms with E-state index in [0.717, 1.165) is 30.8 Å². The minimum absolute atomic E-state index is 0.0492. The van der Waals surface area contributed by atoms with E-state index in [-0.39, 0.29) is 12.0 Å². The minimum Gasteiger partial charge on any atom is -0.378 e. The van der Waals surface area contributed by atoms with Crippen molar-refractivity contribution in [2.24, 2.45) is 0 Å². The number of amides is 1. The third kappa shape index (κ3) is 4.31. The maximum absolute atomic E-state index is 13.4. The van der Waals surface area contributed by atoms with Gasteiger partial charge in [-0.05, 0) is 24.6 Å². The number of para-hydroxylation sites is 1. The van der Waals surface area contributed by atoms with Crippen LogP contribution in [0, 0.1) is 0 Å². The van der Waals surface area contributed by atoms with Gasteiger partial charge in [-0.2, -0.15) is 5.10 Å². The Morgan fingerprint density at radius 1 is 1.11 bits per heavy atom. The molecule has 0 bridgehead atoms. The molecule has 3 heterocycles. The van der Waals surface area contributed by atoms with E-state index < -0.39 is 0 Å². The van der Waals surface area contributed by atoms with Gasteiger partial charge in [-0.3, -0.25) is 9.48 Å². The number of hydrogen-bond acceptors (Lipinski definition) is 5. The smallest absolute Gasteiger partial charge is 0.256 e. The van der Waals surface area contributed by atoms with Crippen LogP contribution < -0.4 is 4.90 Å². The summed E-state index contributed by atoms with van der Waals surface area (Å²) in [6, 6.07) is 9.80. The Morgan fingerprint density at radius 2 is 1.96 bits per heavy atom. The summed E-state index contributed by atoms with van der Waals surface area (Å²) in [6.45, 7) is 5.65. The van der Waals surface area contributed by atoms with Crippen molar-refractivity contribution in [3.8, 4) is 0 Å². The minimum atomic E-state index is -0.0492. The molecule has 0 N–H and O–H groups in total. The molecule has 0 spiro atoms. The van der Waals surface area contributed by atoms with Gasteiger partial charge in [-0.15, -0.1) is 0 Å². The Hall–Kier alpha value is -2.38. The molecule has 1 amide bonds. The summed E-state index contributed by atoms with van der Waals surface area (Å²) in [5, 5.41) is 4.26. The zero-order valence-corrected chi connectivity index (χ0v) is 15.5. The van der Waals surface area contributed by atoms with Gasteiger partial charge in [0.2, 0.25) is 0 Å². The number of hydrogen-bond donors (Lipinski definition) is 0. The van der Waals surface area contributed by atoms with Gasteiger partial charge < -0.3 is 19.3 Å². The molecule has 0 aliphatic carbocycles. The summed E-state index contributed by atoms with van der Waals surface area (Å²) in [5.41, 5.74) is 1.76. The van der Waals surface area contributed by atoms with Gasteiger partial charge in [0.1, 0.15) is 0 Å². The maximum Gasteiger partial charge on any atom is 0.256 e. The molecule has 0 saturated carbocycles. The van der Waals surface area contributed by atoms with Crippen molar-refractivity contribution in [1.82, 2.24) is 14.7 Å². The number of anilines is 1. The monoisotopic (exact) mass is 370 g/mol. The van der Waals surface area contributed by atoms with Crippen LogP contribution in [0.25, 0.3) is 0 Å². The Bertz CT molecular complexity index is 743. The standard InChI is InChI=1S/C20H26N4O3/c25-20(18-5-1-2-6-19(18)22-10-13-26-14-11-22)23-8-4-12-27-17(15-23)16-24-9-3-7-21-24/h1-3,5-7,9,17H,4,8,10-16H2/t17-/m0/s1. The van der Waals surface area contributed by atoms with Crippen LogP contribution in [0.4, 0.5) is 5.69 Å². The summed E-state index contributed by atoms with van der Waals surface area (Å²) in [7, 11) is 0. The zero-order chi connectivity index (χ0) is 18.5. The van der Waals surface area contributed by atoms with Crippen molar-refractivity contribution in [2.75, 3.05) is 50.9 Å². The lowest BCUT2D eigenvalue weighted by Crippen LogP contribution is -2.41. The molecule has 27 heavy (non-hydrogen) atoms. The van der Waals surface area contributed by atoms with Crippen LogP contribution in [0.2, 0.25) is 0 Å². The molecule has 144 valence electrons. The zero-order valence-electron chi connectivity index (χ0n) is 15.5. The van der Waals surface area contributed by atoms with Gasteiger partial charge >= 0.3 is 0 Å². The fraction of sp³-hybridized carbons (Fsp3) is 0.500. The lowest BCUT2D eigenvalue weighted by molar-refractivity contribution is 0.0367. The van der Waals surface area contributed by atoms with Crippen molar-refractivity contribution in [3.05, 3.63) is 48.3 Å². The number of benzene rings is 1. The van der Waals surface area contributed by atoms with Crippen LogP contribution in [-0.2, 0) is 16.0 Å². The SMILES string of the molecule is O=C(c1ccccc1N1CCOCC1)N1CCCO[C@H](Cn2cccn2)C1. The predicted octanol–water partition coefficient (Wildman–Crippen LogP) is 1.65. The fourth-order valence-electron chi connectivity index (χ4n) is 3.71. The van der Waals surface area contributed by atoms with Gasteiger partial charge in [0.25, 0.3) is 5.91 Å². The highest BCUT2D eigenvalue weighted by molar-refractivity contribution is 5.99. The quantitative estimate of drug-likeness (QED) is 0.819. The van der Waals surface area contributed by atoms with E-state index in [1.165, 1.54) is 0 Å².